The first-order valence-corrected chi connectivity index (χ1v) is 9.71. The third-order valence-electron chi connectivity index (χ3n) is 4.00. The average Bonchev–Trinajstić information content (AvgIpc) is 2.92. The highest BCUT2D eigenvalue weighted by atomic mass is 32.2. The fraction of sp³-hybridized carbons (Fsp3) is 0.526. The number of anilines is 1. The van der Waals surface area contributed by atoms with Crippen LogP contribution < -0.4 is 10.2 Å². The van der Waals surface area contributed by atoms with Crippen molar-refractivity contribution in [2.75, 3.05) is 17.2 Å². The maximum absolute atomic E-state index is 12.1. The Kier molecular flexibility index (Phi) is 7.05. The molecule has 2 amide bonds. The van der Waals surface area contributed by atoms with Crippen LogP contribution in [-0.4, -0.2) is 35.3 Å². The zero-order valence-corrected chi connectivity index (χ0v) is 16.2. The Labute approximate surface area is 154 Å². The van der Waals surface area contributed by atoms with Gasteiger partial charge in [0, 0.05) is 6.04 Å². The largest absolute Gasteiger partial charge is 0.353 e. The molecule has 5 nitrogen and oxygen atoms in total. The Hall–Kier alpha value is -1.82. The SMILES string of the molecule is Cc1ccc(N2C(=O)CN=C2SCC(=O)N[C@H](C)CCC(C)C)cc1. The van der Waals surface area contributed by atoms with Crippen LogP contribution in [0, 0.1) is 12.8 Å². The number of aliphatic imine (C=N–C) groups is 1. The van der Waals surface area contributed by atoms with Crippen molar-refractivity contribution in [3.05, 3.63) is 29.8 Å². The van der Waals surface area contributed by atoms with E-state index < -0.39 is 0 Å². The second kappa shape index (κ2) is 9.04. The third-order valence-corrected chi connectivity index (χ3v) is 4.98. The first-order valence-electron chi connectivity index (χ1n) is 8.73. The molecule has 136 valence electrons. The summed E-state index contributed by atoms with van der Waals surface area (Å²) < 4.78 is 0. The highest BCUT2D eigenvalue weighted by Gasteiger charge is 2.27. The molecular formula is C19H27N3O2S. The monoisotopic (exact) mass is 361 g/mol. The molecule has 1 N–H and O–H groups in total. The maximum Gasteiger partial charge on any atom is 0.254 e. The second-order valence-corrected chi connectivity index (χ2v) is 7.83. The van der Waals surface area contributed by atoms with Crippen molar-refractivity contribution in [1.29, 1.82) is 0 Å². The number of benzene rings is 1. The van der Waals surface area contributed by atoms with Gasteiger partial charge in [0.25, 0.3) is 5.91 Å². The van der Waals surface area contributed by atoms with Crippen molar-refractivity contribution < 1.29 is 9.59 Å². The van der Waals surface area contributed by atoms with Gasteiger partial charge in [0.15, 0.2) is 5.17 Å². The summed E-state index contributed by atoms with van der Waals surface area (Å²) in [5, 5.41) is 3.61. The van der Waals surface area contributed by atoms with Gasteiger partial charge >= 0.3 is 0 Å². The summed E-state index contributed by atoms with van der Waals surface area (Å²) >= 11 is 1.31. The van der Waals surface area contributed by atoms with Crippen molar-refractivity contribution in [2.45, 2.75) is 46.6 Å². The van der Waals surface area contributed by atoms with E-state index in [4.69, 9.17) is 0 Å². The second-order valence-electron chi connectivity index (χ2n) is 6.89. The van der Waals surface area contributed by atoms with E-state index in [0.29, 0.717) is 11.1 Å². The molecule has 1 aliphatic rings. The lowest BCUT2D eigenvalue weighted by Gasteiger charge is -2.19. The lowest BCUT2D eigenvalue weighted by Crippen LogP contribution is -2.36. The van der Waals surface area contributed by atoms with Crippen LogP contribution in [0.5, 0.6) is 0 Å². The van der Waals surface area contributed by atoms with Crippen LogP contribution in [-0.2, 0) is 9.59 Å². The molecule has 0 unspecified atom stereocenters. The molecule has 0 spiro atoms. The van der Waals surface area contributed by atoms with E-state index in [0.717, 1.165) is 24.1 Å². The van der Waals surface area contributed by atoms with Crippen LogP contribution in [0.1, 0.15) is 39.2 Å². The summed E-state index contributed by atoms with van der Waals surface area (Å²) in [6.07, 6.45) is 2.07. The number of hydrogen-bond acceptors (Lipinski definition) is 4. The molecule has 1 heterocycles. The van der Waals surface area contributed by atoms with Gasteiger partial charge in [-0.15, -0.1) is 0 Å². The fourth-order valence-corrected chi connectivity index (χ4v) is 3.38. The van der Waals surface area contributed by atoms with E-state index in [2.05, 4.69) is 24.2 Å². The first-order chi connectivity index (χ1) is 11.9. The number of nitrogens with zero attached hydrogens (tertiary/aromatic N) is 2. The molecule has 1 atom stereocenters. The molecule has 0 aromatic heterocycles. The lowest BCUT2D eigenvalue weighted by atomic mass is 10.0. The number of amides is 2. The summed E-state index contributed by atoms with van der Waals surface area (Å²) in [5.74, 6) is 0.820. The Bertz CT molecular complexity index is 641. The van der Waals surface area contributed by atoms with Crippen LogP contribution in [0.3, 0.4) is 0 Å². The number of amidine groups is 1. The van der Waals surface area contributed by atoms with Crippen LogP contribution in [0.2, 0.25) is 0 Å². The highest BCUT2D eigenvalue weighted by Crippen LogP contribution is 2.24. The third kappa shape index (κ3) is 5.88. The van der Waals surface area contributed by atoms with Crippen molar-refractivity contribution in [3.8, 4) is 0 Å². The molecule has 25 heavy (non-hydrogen) atoms. The quantitative estimate of drug-likeness (QED) is 0.810. The van der Waals surface area contributed by atoms with E-state index in [9.17, 15) is 9.59 Å². The molecule has 0 radical (unpaired) electrons. The van der Waals surface area contributed by atoms with Gasteiger partial charge in [0.2, 0.25) is 5.91 Å². The fourth-order valence-electron chi connectivity index (χ4n) is 2.54. The number of thioether (sulfide) groups is 1. The molecule has 0 bridgehead atoms. The summed E-state index contributed by atoms with van der Waals surface area (Å²) in [6.45, 7) is 8.53. The number of carbonyl (C=O) groups excluding carboxylic acids is 2. The number of hydrogen-bond donors (Lipinski definition) is 1. The molecule has 0 saturated heterocycles. The molecule has 0 aliphatic carbocycles. The van der Waals surface area contributed by atoms with Gasteiger partial charge < -0.3 is 5.32 Å². The molecule has 2 rings (SSSR count). The Morgan fingerprint density at radius 1 is 1.24 bits per heavy atom. The highest BCUT2D eigenvalue weighted by molar-refractivity contribution is 8.14. The summed E-state index contributed by atoms with van der Waals surface area (Å²) in [7, 11) is 0. The first kappa shape index (κ1) is 19.5. The topological polar surface area (TPSA) is 61.8 Å². The molecule has 1 aliphatic heterocycles. The minimum absolute atomic E-state index is 0.0211. The Morgan fingerprint density at radius 2 is 1.92 bits per heavy atom. The number of rotatable bonds is 7. The van der Waals surface area contributed by atoms with Crippen molar-refractivity contribution in [1.82, 2.24) is 5.32 Å². The number of carbonyl (C=O) groups is 2. The zero-order valence-electron chi connectivity index (χ0n) is 15.4. The normalized spacial score (nSPS) is 15.5. The minimum atomic E-state index is -0.0583. The average molecular weight is 362 g/mol. The molecule has 1 aromatic carbocycles. The number of aryl methyl sites for hydroxylation is 1. The molecule has 6 heteroatoms. The van der Waals surface area contributed by atoms with Gasteiger partial charge in [-0.3, -0.25) is 19.5 Å². The minimum Gasteiger partial charge on any atom is -0.353 e. The standard InChI is InChI=1S/C19H27N3O2S/c1-13(2)5-8-15(4)21-17(23)12-25-19-20-11-18(24)22(19)16-9-6-14(3)7-10-16/h6-7,9-10,13,15H,5,8,11-12H2,1-4H3,(H,21,23)/t15-/m1/s1. The van der Waals surface area contributed by atoms with Gasteiger partial charge in [-0.05, 0) is 44.7 Å². The molecule has 0 saturated carbocycles. The summed E-state index contributed by atoms with van der Waals surface area (Å²) in [6, 6.07) is 7.90. The van der Waals surface area contributed by atoms with E-state index in [1.807, 2.05) is 38.1 Å². The maximum atomic E-state index is 12.1. The molecule has 0 fully saturated rings. The van der Waals surface area contributed by atoms with Crippen molar-refractivity contribution >= 4 is 34.4 Å². The van der Waals surface area contributed by atoms with Crippen molar-refractivity contribution in [3.63, 3.8) is 0 Å². The molecular weight excluding hydrogens is 334 g/mol. The van der Waals surface area contributed by atoms with E-state index in [1.54, 1.807) is 4.90 Å². The van der Waals surface area contributed by atoms with Crippen molar-refractivity contribution in [2.24, 2.45) is 10.9 Å². The van der Waals surface area contributed by atoms with Gasteiger partial charge in [0.05, 0.1) is 11.4 Å². The summed E-state index contributed by atoms with van der Waals surface area (Å²) in [5.41, 5.74) is 1.93. The smallest absolute Gasteiger partial charge is 0.254 e. The van der Waals surface area contributed by atoms with Crippen LogP contribution in [0.4, 0.5) is 5.69 Å². The predicted octanol–water partition coefficient (Wildman–Crippen LogP) is 3.37. The lowest BCUT2D eigenvalue weighted by molar-refractivity contribution is -0.119. The van der Waals surface area contributed by atoms with E-state index in [-0.39, 0.29) is 30.2 Å². The van der Waals surface area contributed by atoms with E-state index >= 15 is 0 Å². The van der Waals surface area contributed by atoms with Gasteiger partial charge in [-0.25, -0.2) is 0 Å². The van der Waals surface area contributed by atoms with Crippen LogP contribution in [0.25, 0.3) is 0 Å². The van der Waals surface area contributed by atoms with Gasteiger partial charge in [-0.2, -0.15) is 0 Å². The van der Waals surface area contributed by atoms with E-state index in [1.165, 1.54) is 11.8 Å². The van der Waals surface area contributed by atoms with Crippen LogP contribution in [0.15, 0.2) is 29.3 Å². The predicted molar refractivity (Wildman–Crippen MR) is 105 cm³/mol. The number of nitrogens with one attached hydrogen (secondary N) is 1. The summed E-state index contributed by atoms with van der Waals surface area (Å²) in [4.78, 5) is 30.2. The van der Waals surface area contributed by atoms with Gasteiger partial charge in [-0.1, -0.05) is 43.3 Å². The molecule has 1 aromatic rings. The zero-order chi connectivity index (χ0) is 18.4. The van der Waals surface area contributed by atoms with Gasteiger partial charge in [0.1, 0.15) is 6.54 Å². The van der Waals surface area contributed by atoms with Crippen LogP contribution >= 0.6 is 11.8 Å². The Balaban J connectivity index is 1.87. The Morgan fingerprint density at radius 3 is 2.56 bits per heavy atom.